The number of terminal acetylenes is 1. The topological polar surface area (TPSA) is 63.5 Å². The van der Waals surface area contributed by atoms with Gasteiger partial charge < -0.3 is 4.90 Å². The van der Waals surface area contributed by atoms with Crippen LogP contribution in [0.3, 0.4) is 0 Å². The van der Waals surface area contributed by atoms with Crippen LogP contribution in [0.4, 0.5) is 11.4 Å². The van der Waals surface area contributed by atoms with E-state index in [1.165, 1.54) is 17.0 Å². The molecule has 0 aliphatic carbocycles. The first-order valence-corrected chi connectivity index (χ1v) is 6.00. The lowest BCUT2D eigenvalue weighted by Crippen LogP contribution is -2.25. The van der Waals surface area contributed by atoms with Crippen LogP contribution in [-0.2, 0) is 4.79 Å². The molecule has 100 valence electrons. The second-order valence-electron chi connectivity index (χ2n) is 4.14. The van der Waals surface area contributed by atoms with E-state index < -0.39 is 4.92 Å². The number of anilines is 1. The van der Waals surface area contributed by atoms with E-state index in [0.717, 1.165) is 12.8 Å². The number of benzene rings is 1. The zero-order valence-electron chi connectivity index (χ0n) is 10.8. The summed E-state index contributed by atoms with van der Waals surface area (Å²) in [6.07, 6.45) is 7.82. The number of carbonyl (C=O) groups excluding carboxylic acids is 1. The highest BCUT2D eigenvalue weighted by Gasteiger charge is 2.12. The minimum atomic E-state index is -0.467. The smallest absolute Gasteiger partial charge is 0.269 e. The lowest BCUT2D eigenvalue weighted by atomic mass is 10.2. The molecule has 0 saturated heterocycles. The number of carbonyl (C=O) groups is 1. The van der Waals surface area contributed by atoms with Crippen molar-refractivity contribution in [2.75, 3.05) is 11.9 Å². The molecule has 0 unspecified atom stereocenters. The molecule has 0 fully saturated rings. The number of nitrogens with zero attached hydrogens (tertiary/aromatic N) is 2. The van der Waals surface area contributed by atoms with Crippen molar-refractivity contribution in [3.63, 3.8) is 0 Å². The third-order valence-corrected chi connectivity index (χ3v) is 2.78. The highest BCUT2D eigenvalue weighted by atomic mass is 16.6. The second kappa shape index (κ2) is 7.17. The minimum absolute atomic E-state index is 0.0126. The summed E-state index contributed by atoms with van der Waals surface area (Å²) in [5, 5.41) is 10.5. The zero-order chi connectivity index (χ0) is 14.3. The molecule has 1 rings (SSSR count). The number of hydrogen-bond acceptors (Lipinski definition) is 3. The summed E-state index contributed by atoms with van der Waals surface area (Å²) in [5.41, 5.74) is 0.658. The van der Waals surface area contributed by atoms with E-state index >= 15 is 0 Å². The third kappa shape index (κ3) is 4.43. The van der Waals surface area contributed by atoms with Gasteiger partial charge in [0.05, 0.1) is 4.92 Å². The normalized spacial score (nSPS) is 9.68. The summed E-state index contributed by atoms with van der Waals surface area (Å²) in [5.74, 6) is 2.51. The van der Waals surface area contributed by atoms with Gasteiger partial charge in [0.2, 0.25) is 5.91 Å². The van der Waals surface area contributed by atoms with Crippen LogP contribution in [0.15, 0.2) is 24.3 Å². The Morgan fingerprint density at radius 3 is 2.53 bits per heavy atom. The van der Waals surface area contributed by atoms with E-state index in [0.29, 0.717) is 18.5 Å². The number of amides is 1. The molecule has 5 nitrogen and oxygen atoms in total. The fraction of sp³-hybridized carbons (Fsp3) is 0.357. The first kappa shape index (κ1) is 14.7. The van der Waals surface area contributed by atoms with Gasteiger partial charge >= 0.3 is 0 Å². The predicted molar refractivity (Wildman–Crippen MR) is 73.8 cm³/mol. The van der Waals surface area contributed by atoms with Gasteiger partial charge in [0.15, 0.2) is 0 Å². The van der Waals surface area contributed by atoms with E-state index in [1.54, 1.807) is 19.2 Å². The lowest BCUT2D eigenvalue weighted by molar-refractivity contribution is -0.384. The van der Waals surface area contributed by atoms with Gasteiger partial charge in [-0.2, -0.15) is 0 Å². The average molecular weight is 260 g/mol. The quantitative estimate of drug-likeness (QED) is 0.342. The van der Waals surface area contributed by atoms with E-state index in [4.69, 9.17) is 6.42 Å². The highest BCUT2D eigenvalue weighted by Crippen LogP contribution is 2.19. The summed E-state index contributed by atoms with van der Waals surface area (Å²) in [6, 6.07) is 5.91. The molecule has 0 bridgehead atoms. The maximum atomic E-state index is 11.9. The molecular weight excluding hydrogens is 244 g/mol. The Morgan fingerprint density at radius 2 is 2.00 bits per heavy atom. The Morgan fingerprint density at radius 1 is 1.37 bits per heavy atom. The Kier molecular flexibility index (Phi) is 5.55. The van der Waals surface area contributed by atoms with Crippen LogP contribution >= 0.6 is 0 Å². The number of unbranched alkanes of at least 4 members (excludes halogenated alkanes) is 2. The van der Waals surface area contributed by atoms with E-state index in [2.05, 4.69) is 5.92 Å². The van der Waals surface area contributed by atoms with E-state index in [1.807, 2.05) is 0 Å². The number of rotatable bonds is 6. The molecule has 0 aromatic heterocycles. The fourth-order valence-corrected chi connectivity index (χ4v) is 1.61. The van der Waals surface area contributed by atoms with Crippen molar-refractivity contribution in [3.05, 3.63) is 34.4 Å². The summed E-state index contributed by atoms with van der Waals surface area (Å²) in [6.45, 7) is 0. The van der Waals surface area contributed by atoms with Crippen molar-refractivity contribution in [2.24, 2.45) is 0 Å². The Hall–Kier alpha value is -2.35. The van der Waals surface area contributed by atoms with Crippen LogP contribution in [0.25, 0.3) is 0 Å². The monoisotopic (exact) mass is 260 g/mol. The number of non-ortho nitro benzene ring substituents is 1. The number of nitro groups is 1. The Labute approximate surface area is 112 Å². The molecule has 0 aliphatic heterocycles. The zero-order valence-corrected chi connectivity index (χ0v) is 10.8. The van der Waals surface area contributed by atoms with E-state index in [-0.39, 0.29) is 11.6 Å². The van der Waals surface area contributed by atoms with Gasteiger partial charge in [-0.05, 0) is 25.0 Å². The van der Waals surface area contributed by atoms with Gasteiger partial charge in [-0.3, -0.25) is 14.9 Å². The molecule has 0 radical (unpaired) electrons. The van der Waals surface area contributed by atoms with Crippen molar-refractivity contribution >= 4 is 17.3 Å². The first-order valence-electron chi connectivity index (χ1n) is 6.00. The largest absolute Gasteiger partial charge is 0.315 e. The summed E-state index contributed by atoms with van der Waals surface area (Å²) < 4.78 is 0. The molecule has 1 amide bonds. The van der Waals surface area contributed by atoms with Gasteiger partial charge in [-0.25, -0.2) is 0 Å². The summed E-state index contributed by atoms with van der Waals surface area (Å²) in [7, 11) is 1.66. The maximum absolute atomic E-state index is 11.9. The molecule has 0 spiro atoms. The van der Waals surface area contributed by atoms with Crippen LogP contribution in [-0.4, -0.2) is 17.9 Å². The molecule has 0 N–H and O–H groups in total. The second-order valence-corrected chi connectivity index (χ2v) is 4.14. The van der Waals surface area contributed by atoms with E-state index in [9.17, 15) is 14.9 Å². The van der Waals surface area contributed by atoms with Gasteiger partial charge in [-0.1, -0.05) is 0 Å². The maximum Gasteiger partial charge on any atom is 0.269 e. The molecule has 0 saturated carbocycles. The average Bonchev–Trinajstić information content (AvgIpc) is 2.42. The third-order valence-electron chi connectivity index (χ3n) is 2.78. The SMILES string of the molecule is C#CCCCCC(=O)N(C)c1ccc([N+](=O)[O-])cc1. The summed E-state index contributed by atoms with van der Waals surface area (Å²) in [4.78, 5) is 23.4. The van der Waals surface area contributed by atoms with Gasteiger partial charge in [0.25, 0.3) is 5.69 Å². The van der Waals surface area contributed by atoms with Crippen LogP contribution in [0.5, 0.6) is 0 Å². The van der Waals surface area contributed by atoms with Crippen LogP contribution in [0, 0.1) is 22.5 Å². The van der Waals surface area contributed by atoms with Crippen molar-refractivity contribution in [1.29, 1.82) is 0 Å². The minimum Gasteiger partial charge on any atom is -0.315 e. The van der Waals surface area contributed by atoms with Crippen molar-refractivity contribution in [1.82, 2.24) is 0 Å². The first-order chi connectivity index (χ1) is 9.06. The van der Waals surface area contributed by atoms with Gasteiger partial charge in [0, 0.05) is 37.7 Å². The summed E-state index contributed by atoms with van der Waals surface area (Å²) >= 11 is 0. The fourth-order valence-electron chi connectivity index (χ4n) is 1.61. The lowest BCUT2D eigenvalue weighted by Gasteiger charge is -2.16. The van der Waals surface area contributed by atoms with Crippen molar-refractivity contribution in [3.8, 4) is 12.3 Å². The predicted octanol–water partition coefficient (Wildman–Crippen LogP) is 2.75. The van der Waals surface area contributed by atoms with Crippen LogP contribution in [0.1, 0.15) is 25.7 Å². The molecule has 0 heterocycles. The van der Waals surface area contributed by atoms with Crippen molar-refractivity contribution < 1.29 is 9.72 Å². The van der Waals surface area contributed by atoms with Crippen molar-refractivity contribution in [2.45, 2.75) is 25.7 Å². The molecule has 1 aromatic carbocycles. The molecule has 0 atom stereocenters. The molecule has 5 heteroatoms. The van der Waals surface area contributed by atoms with Gasteiger partial charge in [-0.15, -0.1) is 12.3 Å². The van der Waals surface area contributed by atoms with Crippen LogP contribution < -0.4 is 4.90 Å². The number of hydrogen-bond donors (Lipinski definition) is 0. The Bertz CT molecular complexity index is 488. The molecule has 19 heavy (non-hydrogen) atoms. The highest BCUT2D eigenvalue weighted by molar-refractivity contribution is 5.92. The number of nitro benzene ring substituents is 1. The molecule has 0 aliphatic rings. The molecule has 1 aromatic rings. The standard InChI is InChI=1S/C14H16N2O3/c1-3-4-5-6-7-14(17)15(2)12-8-10-13(11-9-12)16(18)19/h1,8-11H,4-7H2,2H3. The van der Waals surface area contributed by atoms with Crippen LogP contribution in [0.2, 0.25) is 0 Å². The Balaban J connectivity index is 2.57. The van der Waals surface area contributed by atoms with Gasteiger partial charge in [0.1, 0.15) is 0 Å². The molecular formula is C14H16N2O3.